The Balaban J connectivity index is 1.60. The fourth-order valence-corrected chi connectivity index (χ4v) is 4.15. The zero-order valence-corrected chi connectivity index (χ0v) is 15.5. The fraction of sp³-hybridized carbons (Fsp3) is 0.333. The van der Waals surface area contributed by atoms with Gasteiger partial charge in [0.2, 0.25) is 0 Å². The molecule has 1 saturated heterocycles. The molecule has 2 aliphatic rings. The van der Waals surface area contributed by atoms with Gasteiger partial charge in [0, 0.05) is 12.1 Å². The Hall–Kier alpha value is -2.94. The lowest BCUT2D eigenvalue weighted by molar-refractivity contribution is 0.0600. The molecule has 0 unspecified atom stereocenters. The van der Waals surface area contributed by atoms with Crippen molar-refractivity contribution in [3.8, 4) is 0 Å². The van der Waals surface area contributed by atoms with Crippen LogP contribution in [0.3, 0.4) is 0 Å². The number of ether oxygens (including phenoxy) is 1. The van der Waals surface area contributed by atoms with E-state index in [1.54, 1.807) is 4.90 Å². The number of amides is 2. The van der Waals surface area contributed by atoms with E-state index in [-0.39, 0.29) is 33.9 Å². The summed E-state index contributed by atoms with van der Waals surface area (Å²) in [6, 6.07) is 2.72. The molecule has 0 saturated carbocycles. The number of halogens is 2. The normalized spacial score (nSPS) is 19.9. The van der Waals surface area contributed by atoms with Gasteiger partial charge in [-0.05, 0) is 37.0 Å². The maximum atomic E-state index is 14.4. The van der Waals surface area contributed by atoms with E-state index in [9.17, 15) is 18.8 Å². The summed E-state index contributed by atoms with van der Waals surface area (Å²) in [6.07, 6.45) is 1.97. The largest absolute Gasteiger partial charge is 0.465 e. The monoisotopic (exact) mass is 406 g/mol. The number of aromatic amines is 1. The van der Waals surface area contributed by atoms with Crippen LogP contribution in [0, 0.1) is 5.82 Å². The summed E-state index contributed by atoms with van der Waals surface area (Å²) >= 11 is 6.02. The number of nitrogens with one attached hydrogen (secondary N) is 2. The number of H-pyrrole nitrogens is 1. The molecule has 0 aliphatic carbocycles. The molecule has 2 N–H and O–H groups in total. The van der Waals surface area contributed by atoms with Crippen LogP contribution in [0.2, 0.25) is 5.02 Å². The van der Waals surface area contributed by atoms with Crippen LogP contribution in [0.4, 0.5) is 14.9 Å². The van der Waals surface area contributed by atoms with E-state index in [0.717, 1.165) is 25.2 Å². The number of rotatable bonds is 2. The third-order valence-electron chi connectivity index (χ3n) is 5.13. The van der Waals surface area contributed by atoms with Crippen LogP contribution < -0.4 is 10.9 Å². The number of benzene rings is 1. The zero-order valence-electron chi connectivity index (χ0n) is 14.8. The van der Waals surface area contributed by atoms with Crippen molar-refractivity contribution < 1.29 is 18.7 Å². The minimum absolute atomic E-state index is 0.0326. The maximum Gasteiger partial charge on any atom is 0.339 e. The van der Waals surface area contributed by atoms with Crippen LogP contribution in [0.1, 0.15) is 40.5 Å². The second kappa shape index (κ2) is 6.90. The van der Waals surface area contributed by atoms with Crippen molar-refractivity contribution in [1.82, 2.24) is 15.1 Å². The summed E-state index contributed by atoms with van der Waals surface area (Å²) in [5.74, 6) is -1.57. The lowest BCUT2D eigenvalue weighted by Gasteiger charge is -2.35. The lowest BCUT2D eigenvalue weighted by atomic mass is 9.99. The second-order valence-corrected chi connectivity index (χ2v) is 7.14. The number of urea groups is 1. The summed E-state index contributed by atoms with van der Waals surface area (Å²) in [6.45, 7) is 0. The molecule has 2 aliphatic heterocycles. The molecule has 1 aromatic carbocycles. The van der Waals surface area contributed by atoms with Gasteiger partial charge in [-0.3, -0.25) is 4.79 Å². The molecule has 2 amide bonds. The summed E-state index contributed by atoms with van der Waals surface area (Å²) in [4.78, 5) is 37.6. The average Bonchev–Trinajstić information content (AvgIpc) is 2.98. The first-order chi connectivity index (χ1) is 13.4. The maximum absolute atomic E-state index is 14.4. The number of aromatic nitrogens is 2. The molecule has 28 heavy (non-hydrogen) atoms. The van der Waals surface area contributed by atoms with Gasteiger partial charge in [-0.15, -0.1) is 0 Å². The van der Waals surface area contributed by atoms with Gasteiger partial charge in [-0.25, -0.2) is 19.1 Å². The van der Waals surface area contributed by atoms with E-state index in [4.69, 9.17) is 11.6 Å². The van der Waals surface area contributed by atoms with Gasteiger partial charge < -0.3 is 15.0 Å². The number of hydrogen-bond donors (Lipinski definition) is 2. The highest BCUT2D eigenvalue weighted by Crippen LogP contribution is 2.42. The number of carbonyl (C=O) groups excluding carboxylic acids is 2. The van der Waals surface area contributed by atoms with Crippen molar-refractivity contribution in [3.05, 3.63) is 56.2 Å². The summed E-state index contributed by atoms with van der Waals surface area (Å²) < 4.78 is 18.9. The minimum Gasteiger partial charge on any atom is -0.465 e. The number of methoxy groups -OCH3 is 1. The lowest BCUT2D eigenvalue weighted by Crippen LogP contribution is -2.45. The Kier molecular flexibility index (Phi) is 4.54. The Morgan fingerprint density at radius 1 is 1.36 bits per heavy atom. The third kappa shape index (κ3) is 3.01. The highest BCUT2D eigenvalue weighted by Gasteiger charge is 2.44. The van der Waals surface area contributed by atoms with Crippen molar-refractivity contribution in [2.75, 3.05) is 12.4 Å². The number of anilines is 1. The quantitative estimate of drug-likeness (QED) is 0.746. The molecule has 146 valence electrons. The molecule has 2 aromatic rings. The van der Waals surface area contributed by atoms with E-state index < -0.39 is 17.8 Å². The molecule has 4 rings (SSSR count). The van der Waals surface area contributed by atoms with Gasteiger partial charge in [0.05, 0.1) is 35.1 Å². The van der Waals surface area contributed by atoms with Crippen LogP contribution in [-0.2, 0) is 11.2 Å². The topological polar surface area (TPSA) is 104 Å². The highest BCUT2D eigenvalue weighted by atomic mass is 35.5. The van der Waals surface area contributed by atoms with E-state index in [1.807, 2.05) is 0 Å². The molecule has 0 radical (unpaired) electrons. The fourth-order valence-electron chi connectivity index (χ4n) is 3.91. The molecule has 1 aromatic heterocycles. The minimum atomic E-state index is -0.801. The van der Waals surface area contributed by atoms with E-state index in [2.05, 4.69) is 20.3 Å². The van der Waals surface area contributed by atoms with Crippen molar-refractivity contribution >= 4 is 29.3 Å². The first-order valence-electron chi connectivity index (χ1n) is 8.64. The van der Waals surface area contributed by atoms with Gasteiger partial charge >= 0.3 is 12.0 Å². The van der Waals surface area contributed by atoms with Crippen molar-refractivity contribution in [2.45, 2.75) is 31.3 Å². The van der Waals surface area contributed by atoms with Gasteiger partial charge in [-0.2, -0.15) is 5.10 Å². The number of fused-ring (bicyclic) bond motifs is 4. The van der Waals surface area contributed by atoms with Crippen LogP contribution in [0.15, 0.2) is 23.0 Å². The molecule has 10 heteroatoms. The Morgan fingerprint density at radius 2 is 2.14 bits per heavy atom. The van der Waals surface area contributed by atoms with Gasteiger partial charge in [0.15, 0.2) is 0 Å². The Morgan fingerprint density at radius 3 is 2.89 bits per heavy atom. The van der Waals surface area contributed by atoms with Crippen molar-refractivity contribution in [3.63, 3.8) is 0 Å². The molecular weight excluding hydrogens is 391 g/mol. The van der Waals surface area contributed by atoms with Gasteiger partial charge in [0.25, 0.3) is 5.56 Å². The highest BCUT2D eigenvalue weighted by molar-refractivity contribution is 6.34. The van der Waals surface area contributed by atoms with Gasteiger partial charge in [0.1, 0.15) is 5.82 Å². The smallest absolute Gasteiger partial charge is 0.339 e. The van der Waals surface area contributed by atoms with Crippen molar-refractivity contribution in [1.29, 1.82) is 0 Å². The predicted octanol–water partition coefficient (Wildman–Crippen LogP) is 2.64. The molecular formula is C18H16ClFN4O4. The predicted molar refractivity (Wildman–Crippen MR) is 97.9 cm³/mol. The molecule has 8 nitrogen and oxygen atoms in total. The first-order valence-corrected chi connectivity index (χ1v) is 9.02. The second-order valence-electron chi connectivity index (χ2n) is 6.73. The van der Waals surface area contributed by atoms with E-state index >= 15 is 0 Å². The molecule has 0 spiro atoms. The number of esters is 1. The van der Waals surface area contributed by atoms with Crippen LogP contribution in [0.5, 0.6) is 0 Å². The van der Waals surface area contributed by atoms with E-state index in [1.165, 1.54) is 12.1 Å². The summed E-state index contributed by atoms with van der Waals surface area (Å²) in [5, 5.41) is 9.00. The van der Waals surface area contributed by atoms with Gasteiger partial charge in [-0.1, -0.05) is 11.6 Å². The van der Waals surface area contributed by atoms with Crippen LogP contribution in [0.25, 0.3) is 0 Å². The summed E-state index contributed by atoms with van der Waals surface area (Å²) in [5.41, 5.74) is 0.945. The Labute approximate surface area is 163 Å². The first kappa shape index (κ1) is 18.4. The number of hydrogen-bond acceptors (Lipinski definition) is 5. The van der Waals surface area contributed by atoms with Crippen molar-refractivity contribution in [2.24, 2.45) is 0 Å². The van der Waals surface area contributed by atoms with Crippen LogP contribution in [-0.4, -0.2) is 40.2 Å². The number of carbonyl (C=O) groups is 2. The Bertz CT molecular complexity index is 1040. The van der Waals surface area contributed by atoms with Crippen LogP contribution >= 0.6 is 11.6 Å². The average molecular weight is 407 g/mol. The zero-order chi connectivity index (χ0) is 20.0. The SMILES string of the molecule is COC(=O)c1cc(F)c(NC(=O)N2[C@H]3CC[C@@H]2c2n[nH]c(=O)cc2C3)cc1Cl. The third-order valence-corrected chi connectivity index (χ3v) is 5.45. The number of nitrogens with zero attached hydrogens (tertiary/aromatic N) is 2. The molecule has 2 atom stereocenters. The molecule has 1 fully saturated rings. The molecule has 3 heterocycles. The standard InChI is InChI=1S/C18H16ClFN4O4/c1-28-17(26)10-6-12(20)13(7-11(10)19)21-18(27)24-9-2-3-14(24)16-8(4-9)5-15(25)22-23-16/h5-7,9,14H,2-4H2,1H3,(H,21,27)(H,22,25)/t9-,14+/m0/s1. The molecule has 2 bridgehead atoms. The summed E-state index contributed by atoms with van der Waals surface area (Å²) in [7, 11) is 1.16. The van der Waals surface area contributed by atoms with E-state index in [0.29, 0.717) is 18.5 Å².